The van der Waals surface area contributed by atoms with Crippen LogP contribution in [-0.2, 0) is 0 Å². The predicted molar refractivity (Wildman–Crippen MR) is 113 cm³/mol. The van der Waals surface area contributed by atoms with Gasteiger partial charge in [0.1, 0.15) is 5.92 Å². The van der Waals surface area contributed by atoms with Gasteiger partial charge in [-0.2, -0.15) is 13.2 Å². The normalized spacial score (nSPS) is 22.8. The largest absolute Gasteiger partial charge is 0.493 e. The first-order valence-electron chi connectivity index (χ1n) is 10.3. The SMILES string of the molecule is CCCOc1ccc(C2NC(=O)NC(O)(C(F)(F)F)C2C(=O)c2ccc(C)cc2)cc1OC. The summed E-state index contributed by atoms with van der Waals surface area (Å²) in [6.07, 6.45) is -4.61. The summed E-state index contributed by atoms with van der Waals surface area (Å²) < 4.78 is 53.0. The van der Waals surface area contributed by atoms with E-state index < -0.39 is 35.7 Å². The van der Waals surface area contributed by atoms with E-state index >= 15 is 0 Å². The van der Waals surface area contributed by atoms with Gasteiger partial charge in [-0.05, 0) is 31.0 Å². The van der Waals surface area contributed by atoms with Crippen molar-refractivity contribution in [3.8, 4) is 11.5 Å². The fourth-order valence-electron chi connectivity index (χ4n) is 3.72. The van der Waals surface area contributed by atoms with Crippen LogP contribution in [0.25, 0.3) is 0 Å². The highest BCUT2D eigenvalue weighted by Gasteiger charge is 2.66. The Morgan fingerprint density at radius 2 is 1.82 bits per heavy atom. The lowest BCUT2D eigenvalue weighted by molar-refractivity contribution is -0.287. The minimum atomic E-state index is -5.33. The number of amides is 2. The first kappa shape index (κ1) is 24.4. The van der Waals surface area contributed by atoms with Crippen molar-refractivity contribution in [3.63, 3.8) is 0 Å². The molecule has 3 atom stereocenters. The number of ketones is 1. The zero-order chi connectivity index (χ0) is 24.4. The number of methoxy groups -OCH3 is 1. The highest BCUT2D eigenvalue weighted by molar-refractivity contribution is 6.00. The molecule has 0 spiro atoms. The van der Waals surface area contributed by atoms with Crippen LogP contribution in [0.15, 0.2) is 42.5 Å². The average Bonchev–Trinajstić information content (AvgIpc) is 2.76. The van der Waals surface area contributed by atoms with Crippen molar-refractivity contribution >= 4 is 11.8 Å². The van der Waals surface area contributed by atoms with E-state index in [9.17, 15) is 27.9 Å². The Balaban J connectivity index is 2.13. The number of urea groups is 1. The van der Waals surface area contributed by atoms with Gasteiger partial charge in [-0.15, -0.1) is 0 Å². The second-order valence-corrected chi connectivity index (χ2v) is 7.81. The monoisotopic (exact) mass is 466 g/mol. The molecule has 2 aromatic carbocycles. The average molecular weight is 466 g/mol. The van der Waals surface area contributed by atoms with Crippen LogP contribution < -0.4 is 20.1 Å². The van der Waals surface area contributed by atoms with Crippen LogP contribution in [0.5, 0.6) is 11.5 Å². The zero-order valence-electron chi connectivity index (χ0n) is 18.3. The molecule has 178 valence electrons. The lowest BCUT2D eigenvalue weighted by Gasteiger charge is -2.45. The van der Waals surface area contributed by atoms with E-state index in [1.54, 1.807) is 19.1 Å². The Morgan fingerprint density at radius 3 is 2.39 bits per heavy atom. The number of alkyl halides is 3. The Bertz CT molecular complexity index is 1030. The number of hydrogen-bond donors (Lipinski definition) is 3. The van der Waals surface area contributed by atoms with E-state index in [4.69, 9.17) is 9.47 Å². The van der Waals surface area contributed by atoms with E-state index in [0.717, 1.165) is 12.0 Å². The fourth-order valence-corrected chi connectivity index (χ4v) is 3.72. The van der Waals surface area contributed by atoms with E-state index in [1.807, 2.05) is 6.92 Å². The summed E-state index contributed by atoms with van der Waals surface area (Å²) in [5.41, 5.74) is -2.89. The number of ether oxygens (including phenoxy) is 2. The number of hydrogen-bond acceptors (Lipinski definition) is 5. The molecule has 3 unspecified atom stereocenters. The van der Waals surface area contributed by atoms with E-state index in [2.05, 4.69) is 5.32 Å². The van der Waals surface area contributed by atoms with Gasteiger partial charge < -0.3 is 25.2 Å². The van der Waals surface area contributed by atoms with E-state index in [0.29, 0.717) is 12.4 Å². The number of Topliss-reactive ketones (excluding diaryl/α,β-unsaturated/α-hetero) is 1. The summed E-state index contributed by atoms with van der Waals surface area (Å²) in [7, 11) is 1.36. The van der Waals surface area contributed by atoms with Crippen molar-refractivity contribution in [2.75, 3.05) is 13.7 Å². The first-order valence-corrected chi connectivity index (χ1v) is 10.3. The summed E-state index contributed by atoms with van der Waals surface area (Å²) in [6.45, 7) is 4.06. The highest BCUT2D eigenvalue weighted by atomic mass is 19.4. The van der Waals surface area contributed by atoms with E-state index in [-0.39, 0.29) is 16.9 Å². The van der Waals surface area contributed by atoms with Crippen molar-refractivity contribution in [1.82, 2.24) is 10.6 Å². The standard InChI is InChI=1S/C23H25F3N2O5/c1-4-11-33-16-10-9-15(12-17(16)32-3)19-18(20(29)14-7-5-13(2)6-8-14)22(31,23(24,25)26)28-21(30)27-19/h5-10,12,18-19,31H,4,11H2,1-3H3,(H2,27,28,30). The van der Waals surface area contributed by atoms with Crippen LogP contribution in [0, 0.1) is 12.8 Å². The van der Waals surface area contributed by atoms with Crippen LogP contribution in [0.3, 0.4) is 0 Å². The van der Waals surface area contributed by atoms with Crippen molar-refractivity contribution in [1.29, 1.82) is 0 Å². The molecule has 2 amide bonds. The third kappa shape index (κ3) is 4.75. The van der Waals surface area contributed by atoms with Gasteiger partial charge in [-0.1, -0.05) is 42.8 Å². The van der Waals surface area contributed by atoms with Gasteiger partial charge in [0.2, 0.25) is 5.72 Å². The van der Waals surface area contributed by atoms with Crippen LogP contribution in [0.2, 0.25) is 0 Å². The summed E-state index contributed by atoms with van der Waals surface area (Å²) in [5.74, 6) is -2.54. The molecule has 1 saturated heterocycles. The minimum Gasteiger partial charge on any atom is -0.493 e. The third-order valence-electron chi connectivity index (χ3n) is 5.43. The molecule has 1 aliphatic rings. The predicted octanol–water partition coefficient (Wildman–Crippen LogP) is 3.90. The second-order valence-electron chi connectivity index (χ2n) is 7.81. The van der Waals surface area contributed by atoms with Gasteiger partial charge in [0.25, 0.3) is 0 Å². The number of nitrogens with one attached hydrogen (secondary N) is 2. The smallest absolute Gasteiger partial charge is 0.437 e. The molecule has 3 N–H and O–H groups in total. The topological polar surface area (TPSA) is 96.9 Å². The third-order valence-corrected chi connectivity index (χ3v) is 5.43. The molecule has 0 aliphatic carbocycles. The van der Waals surface area contributed by atoms with Gasteiger partial charge in [0, 0.05) is 5.56 Å². The van der Waals surface area contributed by atoms with Crippen LogP contribution in [-0.4, -0.2) is 42.5 Å². The van der Waals surface area contributed by atoms with Gasteiger partial charge in [0.05, 0.1) is 19.8 Å². The highest BCUT2D eigenvalue weighted by Crippen LogP contribution is 2.45. The van der Waals surface area contributed by atoms with Crippen molar-refractivity contribution in [3.05, 3.63) is 59.2 Å². The summed E-state index contributed by atoms with van der Waals surface area (Å²) >= 11 is 0. The Morgan fingerprint density at radius 1 is 1.15 bits per heavy atom. The molecule has 1 heterocycles. The molecular formula is C23H25F3N2O5. The van der Waals surface area contributed by atoms with Crippen LogP contribution in [0.1, 0.15) is 40.9 Å². The molecule has 1 aliphatic heterocycles. The number of halogens is 3. The molecule has 0 aromatic heterocycles. The summed E-state index contributed by atoms with van der Waals surface area (Å²) in [4.78, 5) is 25.5. The number of benzene rings is 2. The van der Waals surface area contributed by atoms with Crippen LogP contribution >= 0.6 is 0 Å². The lowest BCUT2D eigenvalue weighted by atomic mass is 9.77. The first-order chi connectivity index (χ1) is 15.5. The fraction of sp³-hybridized carbons (Fsp3) is 0.391. The molecule has 0 bridgehead atoms. The molecule has 0 saturated carbocycles. The maximum absolute atomic E-state index is 14.0. The van der Waals surface area contributed by atoms with Crippen molar-refractivity contribution < 1.29 is 37.3 Å². The number of rotatable bonds is 7. The molecule has 2 aromatic rings. The van der Waals surface area contributed by atoms with Gasteiger partial charge >= 0.3 is 12.2 Å². The molecule has 33 heavy (non-hydrogen) atoms. The molecular weight excluding hydrogens is 441 g/mol. The maximum Gasteiger partial charge on any atom is 0.437 e. The Kier molecular flexibility index (Phi) is 6.87. The van der Waals surface area contributed by atoms with Gasteiger partial charge in [0.15, 0.2) is 17.3 Å². The van der Waals surface area contributed by atoms with Gasteiger partial charge in [-0.25, -0.2) is 4.79 Å². The minimum absolute atomic E-state index is 0.0360. The zero-order valence-corrected chi connectivity index (χ0v) is 18.3. The lowest BCUT2D eigenvalue weighted by Crippen LogP contribution is -2.72. The number of aliphatic hydroxyl groups is 1. The quantitative estimate of drug-likeness (QED) is 0.538. The summed E-state index contributed by atoms with van der Waals surface area (Å²) in [6, 6.07) is 7.43. The van der Waals surface area contributed by atoms with Crippen LogP contribution in [0.4, 0.5) is 18.0 Å². The molecule has 0 radical (unpaired) electrons. The van der Waals surface area contributed by atoms with Gasteiger partial charge in [-0.3, -0.25) is 4.79 Å². The molecule has 7 nitrogen and oxygen atoms in total. The molecule has 10 heteroatoms. The van der Waals surface area contributed by atoms with E-state index in [1.165, 1.54) is 42.8 Å². The Labute approximate surface area is 188 Å². The van der Waals surface area contributed by atoms with Crippen molar-refractivity contribution in [2.45, 2.75) is 38.2 Å². The maximum atomic E-state index is 14.0. The number of aryl methyl sites for hydroxylation is 1. The Hall–Kier alpha value is -3.27. The summed E-state index contributed by atoms with van der Waals surface area (Å²) in [5, 5.41) is 14.6. The molecule has 3 rings (SSSR count). The number of carbonyl (C=O) groups excluding carboxylic acids is 2. The molecule has 1 fully saturated rings. The van der Waals surface area contributed by atoms with Crippen molar-refractivity contribution in [2.24, 2.45) is 5.92 Å². The second kappa shape index (κ2) is 9.30. The number of carbonyl (C=O) groups is 2.